The Bertz CT molecular complexity index is 849. The van der Waals surface area contributed by atoms with E-state index in [9.17, 15) is 9.00 Å². The van der Waals surface area contributed by atoms with Gasteiger partial charge in [0.05, 0.1) is 6.54 Å². The van der Waals surface area contributed by atoms with Crippen molar-refractivity contribution in [3.05, 3.63) is 53.1 Å². The molecule has 5 nitrogen and oxygen atoms in total. The molecule has 1 aliphatic heterocycles. The molecule has 6 heteroatoms. The first-order chi connectivity index (χ1) is 11.8. The quantitative estimate of drug-likeness (QED) is 0.864. The van der Waals surface area contributed by atoms with Crippen molar-refractivity contribution >= 4 is 22.6 Å². The number of amides is 1. The zero-order valence-electron chi connectivity index (χ0n) is 14.9. The van der Waals surface area contributed by atoms with Gasteiger partial charge < -0.3 is 4.72 Å². The molecular formula is C19H23N3O2S. The van der Waals surface area contributed by atoms with Crippen molar-refractivity contribution in [3.8, 4) is 11.1 Å². The molecule has 0 aliphatic carbocycles. The first kappa shape index (κ1) is 17.6. The predicted octanol–water partition coefficient (Wildman–Crippen LogP) is 3.24. The maximum absolute atomic E-state index is 12.6. The number of anilines is 1. The summed E-state index contributed by atoms with van der Waals surface area (Å²) in [6.07, 6.45) is 1.61. The molecule has 0 bridgehead atoms. The molecule has 0 radical (unpaired) electrons. The highest BCUT2D eigenvalue weighted by Crippen LogP contribution is 2.31. The van der Waals surface area contributed by atoms with E-state index in [-0.39, 0.29) is 11.9 Å². The van der Waals surface area contributed by atoms with Gasteiger partial charge in [-0.2, -0.15) is 0 Å². The molecule has 1 unspecified atom stereocenters. The van der Waals surface area contributed by atoms with E-state index in [0.717, 1.165) is 33.5 Å². The summed E-state index contributed by atoms with van der Waals surface area (Å²) in [6, 6.07) is 12.1. The molecule has 1 amide bonds. The molecule has 1 aliphatic rings. The van der Waals surface area contributed by atoms with Gasteiger partial charge in [-0.15, -0.1) is 0 Å². The van der Waals surface area contributed by atoms with Crippen molar-refractivity contribution in [3.63, 3.8) is 0 Å². The third-order valence-corrected chi connectivity index (χ3v) is 4.60. The molecule has 0 aromatic heterocycles. The highest BCUT2D eigenvalue weighted by molar-refractivity contribution is 7.85. The van der Waals surface area contributed by atoms with Crippen LogP contribution in [0.15, 0.2) is 36.4 Å². The van der Waals surface area contributed by atoms with Crippen LogP contribution in [-0.4, -0.2) is 27.4 Å². The number of hydrogen-bond donors (Lipinski definition) is 2. The van der Waals surface area contributed by atoms with E-state index in [1.54, 1.807) is 11.3 Å². The fraction of sp³-hybridized carbons (Fsp3) is 0.316. The number of hydrazine groups is 1. The molecule has 2 aromatic rings. The summed E-state index contributed by atoms with van der Waals surface area (Å²) >= 11 is 0. The second-order valence-electron chi connectivity index (χ2n) is 6.64. The minimum atomic E-state index is -1.11. The Balaban J connectivity index is 1.96. The van der Waals surface area contributed by atoms with Crippen LogP contribution in [0.5, 0.6) is 0 Å². The fourth-order valence-electron chi connectivity index (χ4n) is 3.18. The Hall–Kier alpha value is -2.18. The van der Waals surface area contributed by atoms with E-state index in [1.165, 1.54) is 0 Å². The molecule has 1 atom stereocenters. The molecule has 0 saturated carbocycles. The minimum Gasteiger partial charge on any atom is -0.305 e. The summed E-state index contributed by atoms with van der Waals surface area (Å²) < 4.78 is 14.3. The summed E-state index contributed by atoms with van der Waals surface area (Å²) in [7, 11) is -1.11. The number of hydrogen-bond acceptors (Lipinski definition) is 3. The summed E-state index contributed by atoms with van der Waals surface area (Å²) in [5.41, 5.74) is 8.90. The Kier molecular flexibility index (Phi) is 4.92. The largest absolute Gasteiger partial charge is 0.305 e. The smallest absolute Gasteiger partial charge is 0.268 e. The summed E-state index contributed by atoms with van der Waals surface area (Å²) in [5, 5.41) is 1.68. The van der Waals surface area contributed by atoms with Gasteiger partial charge in [-0.25, -0.2) is 9.63 Å². The molecule has 2 N–H and O–H groups in total. The zero-order valence-corrected chi connectivity index (χ0v) is 15.7. The van der Waals surface area contributed by atoms with Crippen LogP contribution in [0.3, 0.4) is 0 Å². The van der Waals surface area contributed by atoms with Gasteiger partial charge in [0.25, 0.3) is 5.91 Å². The third kappa shape index (κ3) is 3.75. The van der Waals surface area contributed by atoms with Crippen molar-refractivity contribution in [1.82, 2.24) is 10.4 Å². The number of aryl methyl sites for hydroxylation is 1. The Labute approximate surface area is 151 Å². The van der Waals surface area contributed by atoms with E-state index in [2.05, 4.69) is 16.2 Å². The van der Waals surface area contributed by atoms with Gasteiger partial charge in [-0.3, -0.25) is 9.80 Å². The highest BCUT2D eigenvalue weighted by atomic mass is 32.2. The molecule has 0 spiro atoms. The van der Waals surface area contributed by atoms with Crippen molar-refractivity contribution < 1.29 is 9.00 Å². The van der Waals surface area contributed by atoms with Crippen LogP contribution in [0.1, 0.15) is 35.3 Å². The van der Waals surface area contributed by atoms with Crippen LogP contribution < -0.4 is 10.1 Å². The lowest BCUT2D eigenvalue weighted by Gasteiger charge is -2.19. The van der Waals surface area contributed by atoms with Crippen LogP contribution in [-0.2, 0) is 17.5 Å². The molecule has 132 valence electrons. The van der Waals surface area contributed by atoms with Gasteiger partial charge in [0.2, 0.25) is 0 Å². The molecule has 1 heterocycles. The van der Waals surface area contributed by atoms with Gasteiger partial charge >= 0.3 is 0 Å². The molecule has 25 heavy (non-hydrogen) atoms. The number of carbonyl (C=O) groups is 1. The molecule has 3 rings (SSSR count). The number of nitrogens with zero attached hydrogens (tertiary/aromatic N) is 1. The molecule has 2 aromatic carbocycles. The summed E-state index contributed by atoms with van der Waals surface area (Å²) in [4.78, 5) is 12.6. The second kappa shape index (κ2) is 6.98. The van der Waals surface area contributed by atoms with Crippen LogP contribution >= 0.6 is 0 Å². The Morgan fingerprint density at radius 1 is 1.16 bits per heavy atom. The molecular weight excluding hydrogens is 334 g/mol. The van der Waals surface area contributed by atoms with Gasteiger partial charge in [-0.1, -0.05) is 18.2 Å². The number of nitrogens with one attached hydrogen (secondary N) is 2. The third-order valence-electron chi connectivity index (χ3n) is 4.08. The number of fused-ring (bicyclic) bond motifs is 1. The van der Waals surface area contributed by atoms with Crippen LogP contribution in [0.2, 0.25) is 0 Å². The first-order valence-corrected chi connectivity index (χ1v) is 9.83. The van der Waals surface area contributed by atoms with Crippen LogP contribution in [0, 0.1) is 6.92 Å². The van der Waals surface area contributed by atoms with Gasteiger partial charge in [0.15, 0.2) is 0 Å². The standard InChI is InChI=1S/C19H23N3O2S/c1-12(2)20-22-11-16-9-15(8-13(3)18(16)19(22)23)14-6-5-7-17(10-14)21-25(4)24/h5-10,12,20-21H,11H2,1-4H3. The second-order valence-corrected chi connectivity index (χ2v) is 7.75. The van der Waals surface area contributed by atoms with E-state index < -0.39 is 11.0 Å². The maximum atomic E-state index is 12.6. The SMILES string of the molecule is Cc1cc(-c2cccc(NS(C)=O)c2)cc2c1C(=O)N(NC(C)C)C2. The van der Waals surface area contributed by atoms with Gasteiger partial charge in [0.1, 0.15) is 11.0 Å². The lowest BCUT2D eigenvalue weighted by molar-refractivity contribution is 0.0657. The van der Waals surface area contributed by atoms with Crippen molar-refractivity contribution in [1.29, 1.82) is 0 Å². The summed E-state index contributed by atoms with van der Waals surface area (Å²) in [6.45, 7) is 6.58. The topological polar surface area (TPSA) is 61.4 Å². The van der Waals surface area contributed by atoms with E-state index in [1.807, 2.05) is 51.1 Å². The van der Waals surface area contributed by atoms with E-state index in [0.29, 0.717) is 6.54 Å². The summed E-state index contributed by atoms with van der Waals surface area (Å²) in [5.74, 6) is 0.0320. The van der Waals surface area contributed by atoms with Gasteiger partial charge in [-0.05, 0) is 61.2 Å². The van der Waals surface area contributed by atoms with Crippen molar-refractivity contribution in [2.24, 2.45) is 0 Å². The lowest BCUT2D eigenvalue weighted by atomic mass is 9.96. The number of benzene rings is 2. The molecule has 0 saturated heterocycles. The lowest BCUT2D eigenvalue weighted by Crippen LogP contribution is -2.42. The normalized spacial score (nSPS) is 14.8. The molecule has 0 fully saturated rings. The predicted molar refractivity (Wildman–Crippen MR) is 102 cm³/mol. The minimum absolute atomic E-state index is 0.0320. The fourth-order valence-corrected chi connectivity index (χ4v) is 3.64. The monoisotopic (exact) mass is 357 g/mol. The Morgan fingerprint density at radius 2 is 1.92 bits per heavy atom. The van der Waals surface area contributed by atoms with Gasteiger partial charge in [0, 0.05) is 23.5 Å². The Morgan fingerprint density at radius 3 is 2.60 bits per heavy atom. The first-order valence-electron chi connectivity index (χ1n) is 8.27. The average Bonchev–Trinajstić information content (AvgIpc) is 2.82. The van der Waals surface area contributed by atoms with Crippen molar-refractivity contribution in [2.45, 2.75) is 33.4 Å². The van der Waals surface area contributed by atoms with E-state index >= 15 is 0 Å². The van der Waals surface area contributed by atoms with Crippen LogP contribution in [0.4, 0.5) is 5.69 Å². The number of carbonyl (C=O) groups excluding carboxylic acids is 1. The maximum Gasteiger partial charge on any atom is 0.268 e. The highest BCUT2D eigenvalue weighted by Gasteiger charge is 2.29. The van der Waals surface area contributed by atoms with E-state index in [4.69, 9.17) is 0 Å². The van der Waals surface area contributed by atoms with Crippen molar-refractivity contribution in [2.75, 3.05) is 11.0 Å². The zero-order chi connectivity index (χ0) is 18.1. The average molecular weight is 357 g/mol. The van der Waals surface area contributed by atoms with Crippen LogP contribution in [0.25, 0.3) is 11.1 Å². The number of rotatable bonds is 5.